The molecular weight excluding hydrogens is 363 g/mol. The van der Waals surface area contributed by atoms with Gasteiger partial charge in [-0.1, -0.05) is 12.1 Å². The zero-order chi connectivity index (χ0) is 11.8. The maximum atomic E-state index is 12.4. The van der Waals surface area contributed by atoms with Crippen molar-refractivity contribution in [3.05, 3.63) is 55.1 Å². The van der Waals surface area contributed by atoms with Gasteiger partial charge in [-0.2, -0.15) is 0 Å². The lowest BCUT2D eigenvalue weighted by atomic mass is 10.0. The Morgan fingerprint density at radius 2 is 2.06 bits per heavy atom. The number of benzene rings is 1. The number of carbonyl (C=O) groups excluding carboxylic acids is 1. The summed E-state index contributed by atoms with van der Waals surface area (Å²) in [6.45, 7) is 0. The van der Waals surface area contributed by atoms with Gasteiger partial charge in [0.15, 0.2) is 5.78 Å². The van der Waals surface area contributed by atoms with Crippen LogP contribution in [0, 0.1) is 2.88 Å². The highest BCUT2D eigenvalue weighted by molar-refractivity contribution is 14.1. The van der Waals surface area contributed by atoms with Gasteiger partial charge in [-0.15, -0.1) is 22.7 Å². The second-order valence-corrected chi connectivity index (χ2v) is 7.33. The van der Waals surface area contributed by atoms with Crippen LogP contribution in [0.2, 0.25) is 0 Å². The highest BCUT2D eigenvalue weighted by Gasteiger charge is 2.14. The minimum Gasteiger partial charge on any atom is -0.289 e. The van der Waals surface area contributed by atoms with Gasteiger partial charge in [0.25, 0.3) is 0 Å². The first kappa shape index (κ1) is 11.4. The predicted octanol–water partition coefficient (Wildman–Crippen LogP) is 4.80. The van der Waals surface area contributed by atoms with Crippen molar-refractivity contribution in [2.75, 3.05) is 0 Å². The van der Waals surface area contributed by atoms with Gasteiger partial charge in [-0.3, -0.25) is 4.79 Å². The van der Waals surface area contributed by atoms with E-state index in [-0.39, 0.29) is 5.78 Å². The molecule has 1 aromatic carbocycles. The van der Waals surface area contributed by atoms with Crippen LogP contribution in [0.5, 0.6) is 0 Å². The molecule has 0 saturated carbocycles. The van der Waals surface area contributed by atoms with Crippen LogP contribution in [0.1, 0.15) is 15.9 Å². The van der Waals surface area contributed by atoms with E-state index in [4.69, 9.17) is 0 Å². The molecule has 0 amide bonds. The van der Waals surface area contributed by atoms with Crippen LogP contribution in [0.3, 0.4) is 0 Å². The molecule has 0 radical (unpaired) electrons. The van der Waals surface area contributed by atoms with Crippen molar-refractivity contribution in [3.8, 4) is 0 Å². The number of fused-ring (bicyclic) bond motifs is 1. The fourth-order valence-corrected chi connectivity index (χ4v) is 3.99. The number of thiophene rings is 2. The average Bonchev–Trinajstić information content (AvgIpc) is 2.95. The Labute approximate surface area is 120 Å². The molecule has 0 aliphatic rings. The molecular formula is C13H7IOS2. The zero-order valence-corrected chi connectivity index (χ0v) is 12.4. The number of ketones is 1. The quantitative estimate of drug-likeness (QED) is 0.468. The topological polar surface area (TPSA) is 17.1 Å². The lowest BCUT2D eigenvalue weighted by molar-refractivity contribution is 0.104. The SMILES string of the molecule is O=C(c1csc(I)c1)c1cccc2ccsc12. The molecule has 0 saturated heterocycles. The van der Waals surface area contributed by atoms with Crippen molar-refractivity contribution in [1.29, 1.82) is 0 Å². The summed E-state index contributed by atoms with van der Waals surface area (Å²) in [7, 11) is 0. The van der Waals surface area contributed by atoms with Gasteiger partial charge in [0.2, 0.25) is 0 Å². The van der Waals surface area contributed by atoms with Crippen molar-refractivity contribution in [1.82, 2.24) is 0 Å². The second kappa shape index (κ2) is 4.51. The van der Waals surface area contributed by atoms with Crippen LogP contribution in [-0.2, 0) is 0 Å². The van der Waals surface area contributed by atoms with Crippen molar-refractivity contribution >= 4 is 61.1 Å². The molecule has 0 aliphatic carbocycles. The zero-order valence-electron chi connectivity index (χ0n) is 8.64. The average molecular weight is 370 g/mol. The third-order valence-electron chi connectivity index (χ3n) is 2.55. The molecule has 2 heterocycles. The molecule has 84 valence electrons. The molecule has 1 nitrogen and oxygen atoms in total. The maximum Gasteiger partial charge on any atom is 0.195 e. The first-order valence-corrected chi connectivity index (χ1v) is 7.84. The van der Waals surface area contributed by atoms with E-state index in [2.05, 4.69) is 22.6 Å². The van der Waals surface area contributed by atoms with Crippen LogP contribution < -0.4 is 0 Å². The second-order valence-electron chi connectivity index (χ2n) is 3.61. The highest BCUT2D eigenvalue weighted by Crippen LogP contribution is 2.28. The maximum absolute atomic E-state index is 12.4. The fourth-order valence-electron chi connectivity index (χ4n) is 1.76. The Balaban J connectivity index is 2.15. The summed E-state index contributed by atoms with van der Waals surface area (Å²) < 4.78 is 2.23. The summed E-state index contributed by atoms with van der Waals surface area (Å²) in [5.41, 5.74) is 1.60. The van der Waals surface area contributed by atoms with Gasteiger partial charge in [0, 0.05) is 21.2 Å². The lowest BCUT2D eigenvalue weighted by Crippen LogP contribution is -1.99. The van der Waals surface area contributed by atoms with E-state index in [0.29, 0.717) is 0 Å². The van der Waals surface area contributed by atoms with E-state index >= 15 is 0 Å². The van der Waals surface area contributed by atoms with Crippen LogP contribution in [0.15, 0.2) is 41.1 Å². The number of carbonyl (C=O) groups is 1. The first-order valence-electron chi connectivity index (χ1n) is 5.00. The monoisotopic (exact) mass is 370 g/mol. The Bertz CT molecular complexity index is 696. The fraction of sp³-hybridized carbons (Fsp3) is 0. The summed E-state index contributed by atoms with van der Waals surface area (Å²) in [5, 5.41) is 5.10. The summed E-state index contributed by atoms with van der Waals surface area (Å²) >= 11 is 5.47. The van der Waals surface area contributed by atoms with Gasteiger partial charge in [-0.05, 0) is 51.6 Å². The Kier molecular flexibility index (Phi) is 3.02. The van der Waals surface area contributed by atoms with E-state index in [1.165, 1.54) is 0 Å². The minimum atomic E-state index is 0.122. The summed E-state index contributed by atoms with van der Waals surface area (Å²) in [4.78, 5) is 12.4. The Morgan fingerprint density at radius 1 is 1.18 bits per heavy atom. The Morgan fingerprint density at radius 3 is 2.82 bits per heavy atom. The van der Waals surface area contributed by atoms with Crippen molar-refractivity contribution in [3.63, 3.8) is 0 Å². The standard InChI is InChI=1S/C13H7IOS2/c14-11-6-9(7-17-11)12(15)10-3-1-2-8-4-5-16-13(8)10/h1-7H. The van der Waals surface area contributed by atoms with E-state index in [1.54, 1.807) is 22.7 Å². The first-order chi connectivity index (χ1) is 8.25. The molecule has 2 aromatic heterocycles. The summed E-state index contributed by atoms with van der Waals surface area (Å²) in [6.07, 6.45) is 0. The van der Waals surface area contributed by atoms with Crippen molar-refractivity contribution < 1.29 is 4.79 Å². The normalized spacial score (nSPS) is 10.9. The van der Waals surface area contributed by atoms with Crippen molar-refractivity contribution in [2.45, 2.75) is 0 Å². The van der Waals surface area contributed by atoms with Gasteiger partial charge in [0.05, 0.1) is 2.88 Å². The van der Waals surface area contributed by atoms with Gasteiger partial charge in [0.1, 0.15) is 0 Å². The molecule has 17 heavy (non-hydrogen) atoms. The minimum absolute atomic E-state index is 0.122. The molecule has 0 aliphatic heterocycles. The predicted molar refractivity (Wildman–Crippen MR) is 82.3 cm³/mol. The van der Waals surface area contributed by atoms with E-state index < -0.39 is 0 Å². The largest absolute Gasteiger partial charge is 0.289 e. The van der Waals surface area contributed by atoms with Crippen LogP contribution in [0.4, 0.5) is 0 Å². The number of hydrogen-bond acceptors (Lipinski definition) is 3. The third-order valence-corrected chi connectivity index (χ3v) is 5.31. The molecule has 0 unspecified atom stereocenters. The molecule has 4 heteroatoms. The third kappa shape index (κ3) is 2.05. The highest BCUT2D eigenvalue weighted by atomic mass is 127. The molecule has 0 bridgehead atoms. The van der Waals surface area contributed by atoms with Gasteiger partial charge >= 0.3 is 0 Å². The summed E-state index contributed by atoms with van der Waals surface area (Å²) in [6, 6.07) is 9.89. The molecule has 3 rings (SSSR count). The molecule has 0 spiro atoms. The van der Waals surface area contributed by atoms with E-state index in [1.807, 2.05) is 41.1 Å². The van der Waals surface area contributed by atoms with Crippen LogP contribution in [0.25, 0.3) is 10.1 Å². The van der Waals surface area contributed by atoms with Crippen molar-refractivity contribution in [2.24, 2.45) is 0 Å². The Hall–Kier alpha value is -0.720. The van der Waals surface area contributed by atoms with E-state index in [0.717, 1.165) is 24.1 Å². The number of hydrogen-bond donors (Lipinski definition) is 0. The van der Waals surface area contributed by atoms with E-state index in [9.17, 15) is 4.79 Å². The van der Waals surface area contributed by atoms with Gasteiger partial charge < -0.3 is 0 Å². The number of halogens is 1. The van der Waals surface area contributed by atoms with Crippen LogP contribution >= 0.6 is 45.3 Å². The molecule has 0 fully saturated rings. The van der Waals surface area contributed by atoms with Crippen LogP contribution in [-0.4, -0.2) is 5.78 Å². The smallest absolute Gasteiger partial charge is 0.195 e. The molecule has 0 atom stereocenters. The summed E-state index contributed by atoms with van der Waals surface area (Å²) in [5.74, 6) is 0.122. The van der Waals surface area contributed by atoms with Gasteiger partial charge in [-0.25, -0.2) is 0 Å². The number of rotatable bonds is 2. The lowest BCUT2D eigenvalue weighted by Gasteiger charge is -2.00. The molecule has 3 aromatic rings. The molecule has 0 N–H and O–H groups in total.